The summed E-state index contributed by atoms with van der Waals surface area (Å²) in [5.41, 5.74) is 6.83. The summed E-state index contributed by atoms with van der Waals surface area (Å²) in [4.78, 5) is 36.6. The maximum absolute atomic E-state index is 13.0. The summed E-state index contributed by atoms with van der Waals surface area (Å²) >= 11 is 0. The van der Waals surface area contributed by atoms with Gasteiger partial charge in [-0.2, -0.15) is 0 Å². The van der Waals surface area contributed by atoms with Crippen molar-refractivity contribution >= 4 is 23.8 Å². The molecule has 8 nitrogen and oxygen atoms in total. The van der Waals surface area contributed by atoms with Gasteiger partial charge in [0.25, 0.3) is 0 Å². The van der Waals surface area contributed by atoms with Crippen LogP contribution >= 0.6 is 0 Å². The normalized spacial score (nSPS) is 12.5. The van der Waals surface area contributed by atoms with Crippen molar-refractivity contribution in [1.82, 2.24) is 10.6 Å². The van der Waals surface area contributed by atoms with Crippen LogP contribution in [0.5, 0.6) is 0 Å². The third-order valence-electron chi connectivity index (χ3n) is 7.12. The first-order valence-electron chi connectivity index (χ1n) is 13.5. The standard InChI is InChI=1S/C33H31N3O5/c37-31(34-20-23-14-16-24(17-15-23)35-32(38)39)19-25(18-22-8-2-1-3-9-22)36-33(40)41-21-30-28-12-6-4-10-26(28)27-11-5-7-13-29(27)30/h1-17,25,30,35H,18-21H2,(H,34,37)(H,36,40)(H,38,39)/t25-/m0/s1. The van der Waals surface area contributed by atoms with Crippen LogP contribution in [0, 0.1) is 0 Å². The molecule has 1 atom stereocenters. The fourth-order valence-electron chi connectivity index (χ4n) is 5.21. The van der Waals surface area contributed by atoms with Crippen molar-refractivity contribution in [3.8, 4) is 11.1 Å². The highest BCUT2D eigenvalue weighted by Gasteiger charge is 2.29. The Bertz CT molecular complexity index is 1480. The molecule has 41 heavy (non-hydrogen) atoms. The van der Waals surface area contributed by atoms with Crippen molar-refractivity contribution < 1.29 is 24.2 Å². The second-order valence-corrected chi connectivity index (χ2v) is 9.96. The van der Waals surface area contributed by atoms with Crippen LogP contribution in [-0.2, 0) is 22.5 Å². The summed E-state index contributed by atoms with van der Waals surface area (Å²) in [5.74, 6) is -0.279. The van der Waals surface area contributed by atoms with E-state index in [1.165, 1.54) is 0 Å². The Labute approximate surface area is 238 Å². The van der Waals surface area contributed by atoms with E-state index < -0.39 is 18.2 Å². The Morgan fingerprint density at radius 2 is 1.37 bits per heavy atom. The number of anilines is 1. The summed E-state index contributed by atoms with van der Waals surface area (Å²) in [6.07, 6.45) is -1.17. The summed E-state index contributed by atoms with van der Waals surface area (Å²) in [6, 6.07) is 32.3. The molecular weight excluding hydrogens is 518 g/mol. The fourth-order valence-corrected chi connectivity index (χ4v) is 5.21. The molecule has 1 aliphatic carbocycles. The van der Waals surface area contributed by atoms with Crippen molar-refractivity contribution in [1.29, 1.82) is 0 Å². The second-order valence-electron chi connectivity index (χ2n) is 9.96. The van der Waals surface area contributed by atoms with Crippen LogP contribution in [-0.4, -0.2) is 35.8 Å². The van der Waals surface area contributed by atoms with E-state index in [1.54, 1.807) is 24.3 Å². The predicted molar refractivity (Wildman–Crippen MR) is 157 cm³/mol. The zero-order chi connectivity index (χ0) is 28.6. The van der Waals surface area contributed by atoms with Crippen LogP contribution in [0.15, 0.2) is 103 Å². The number of alkyl carbamates (subject to hydrolysis) is 1. The number of carbonyl (C=O) groups excluding carboxylic acids is 2. The van der Waals surface area contributed by atoms with Crippen LogP contribution in [0.1, 0.15) is 34.6 Å². The van der Waals surface area contributed by atoms with Gasteiger partial charge in [-0.25, -0.2) is 9.59 Å². The number of nitrogens with one attached hydrogen (secondary N) is 3. The minimum absolute atomic E-state index is 0.0545. The number of carbonyl (C=O) groups is 3. The minimum atomic E-state index is -1.14. The first-order valence-corrected chi connectivity index (χ1v) is 13.5. The first kappa shape index (κ1) is 27.5. The van der Waals surface area contributed by atoms with E-state index in [2.05, 4.69) is 40.2 Å². The predicted octanol–water partition coefficient (Wildman–Crippen LogP) is 5.93. The van der Waals surface area contributed by atoms with Crippen LogP contribution in [0.3, 0.4) is 0 Å². The molecule has 4 aromatic rings. The van der Waals surface area contributed by atoms with Gasteiger partial charge < -0.3 is 20.5 Å². The zero-order valence-electron chi connectivity index (χ0n) is 22.4. The molecule has 0 spiro atoms. The monoisotopic (exact) mass is 549 g/mol. The highest BCUT2D eigenvalue weighted by atomic mass is 16.5. The van der Waals surface area contributed by atoms with Gasteiger partial charge in [0.15, 0.2) is 0 Å². The van der Waals surface area contributed by atoms with E-state index in [9.17, 15) is 14.4 Å². The van der Waals surface area contributed by atoms with E-state index in [0.29, 0.717) is 12.1 Å². The van der Waals surface area contributed by atoms with E-state index >= 15 is 0 Å². The molecule has 0 fully saturated rings. The smallest absolute Gasteiger partial charge is 0.409 e. The lowest BCUT2D eigenvalue weighted by atomic mass is 9.98. The van der Waals surface area contributed by atoms with Gasteiger partial charge in [0, 0.05) is 30.6 Å². The van der Waals surface area contributed by atoms with E-state index in [-0.39, 0.29) is 31.4 Å². The maximum atomic E-state index is 13.0. The Hall–Kier alpha value is -5.11. The Morgan fingerprint density at radius 3 is 2.00 bits per heavy atom. The Balaban J connectivity index is 1.19. The average Bonchev–Trinajstić information content (AvgIpc) is 3.29. The quantitative estimate of drug-likeness (QED) is 0.196. The number of hydrogen-bond acceptors (Lipinski definition) is 4. The van der Waals surface area contributed by atoms with Gasteiger partial charge in [-0.15, -0.1) is 0 Å². The summed E-state index contributed by atoms with van der Waals surface area (Å²) < 4.78 is 5.73. The number of carboxylic acid groups (broad SMARTS) is 1. The number of rotatable bonds is 10. The van der Waals surface area contributed by atoms with Crippen molar-refractivity contribution in [2.75, 3.05) is 11.9 Å². The van der Waals surface area contributed by atoms with Gasteiger partial charge in [-0.1, -0.05) is 91.0 Å². The van der Waals surface area contributed by atoms with Gasteiger partial charge in [-0.3, -0.25) is 10.1 Å². The minimum Gasteiger partial charge on any atom is -0.465 e. The zero-order valence-corrected chi connectivity index (χ0v) is 22.4. The molecule has 0 unspecified atom stereocenters. The highest BCUT2D eigenvalue weighted by Crippen LogP contribution is 2.44. The van der Waals surface area contributed by atoms with Crippen LogP contribution in [0.25, 0.3) is 11.1 Å². The van der Waals surface area contributed by atoms with Crippen molar-refractivity contribution in [3.05, 3.63) is 125 Å². The Kier molecular flexibility index (Phi) is 8.59. The molecule has 1 aliphatic rings. The molecule has 0 saturated carbocycles. The molecule has 0 saturated heterocycles. The molecule has 8 heteroatoms. The van der Waals surface area contributed by atoms with Crippen molar-refractivity contribution in [2.24, 2.45) is 0 Å². The molecule has 0 heterocycles. The van der Waals surface area contributed by atoms with Crippen molar-refractivity contribution in [3.63, 3.8) is 0 Å². The van der Waals surface area contributed by atoms with E-state index in [0.717, 1.165) is 33.4 Å². The van der Waals surface area contributed by atoms with Crippen LogP contribution < -0.4 is 16.0 Å². The van der Waals surface area contributed by atoms with Gasteiger partial charge in [-0.05, 0) is 51.9 Å². The summed E-state index contributed by atoms with van der Waals surface area (Å²) in [7, 11) is 0. The second kappa shape index (κ2) is 12.8. The van der Waals surface area contributed by atoms with E-state index in [4.69, 9.17) is 9.84 Å². The third kappa shape index (κ3) is 7.10. The fraction of sp³-hybridized carbons (Fsp3) is 0.182. The largest absolute Gasteiger partial charge is 0.465 e. The first-order chi connectivity index (χ1) is 20.0. The molecular formula is C33H31N3O5. The Morgan fingerprint density at radius 1 is 0.756 bits per heavy atom. The molecule has 0 aromatic heterocycles. The molecule has 4 N–H and O–H groups in total. The molecule has 3 amide bonds. The van der Waals surface area contributed by atoms with Crippen LogP contribution in [0.2, 0.25) is 0 Å². The summed E-state index contributed by atoms with van der Waals surface area (Å²) in [6.45, 7) is 0.464. The highest BCUT2D eigenvalue weighted by molar-refractivity contribution is 5.83. The summed E-state index contributed by atoms with van der Waals surface area (Å²) in [5, 5.41) is 16.9. The number of ether oxygens (including phenoxy) is 1. The SMILES string of the molecule is O=C(O)Nc1ccc(CNC(=O)C[C@H](Cc2ccccc2)NC(=O)OCC2c3ccccc3-c3ccccc32)cc1. The lowest BCUT2D eigenvalue weighted by molar-refractivity contribution is -0.121. The molecule has 0 radical (unpaired) electrons. The number of fused-ring (bicyclic) bond motifs is 3. The number of amides is 3. The maximum Gasteiger partial charge on any atom is 0.409 e. The van der Waals surface area contributed by atoms with Crippen molar-refractivity contribution in [2.45, 2.75) is 31.3 Å². The molecule has 0 aliphatic heterocycles. The lowest BCUT2D eigenvalue weighted by Crippen LogP contribution is -2.41. The van der Waals surface area contributed by atoms with Gasteiger partial charge >= 0.3 is 12.2 Å². The molecule has 4 aromatic carbocycles. The molecule has 5 rings (SSSR count). The van der Waals surface area contributed by atoms with Gasteiger partial charge in [0.1, 0.15) is 6.61 Å². The van der Waals surface area contributed by atoms with Gasteiger partial charge in [0.05, 0.1) is 0 Å². The van der Waals surface area contributed by atoms with E-state index in [1.807, 2.05) is 54.6 Å². The molecule has 208 valence electrons. The number of hydrogen-bond donors (Lipinski definition) is 4. The van der Waals surface area contributed by atoms with Gasteiger partial charge in [0.2, 0.25) is 5.91 Å². The third-order valence-corrected chi connectivity index (χ3v) is 7.12. The van der Waals surface area contributed by atoms with Crippen LogP contribution in [0.4, 0.5) is 15.3 Å². The topological polar surface area (TPSA) is 117 Å². The average molecular weight is 550 g/mol. The number of benzene rings is 4. The molecule has 0 bridgehead atoms. The lowest BCUT2D eigenvalue weighted by Gasteiger charge is -2.20.